The van der Waals surface area contributed by atoms with Crippen molar-refractivity contribution < 1.29 is 14.0 Å². The van der Waals surface area contributed by atoms with E-state index in [9.17, 15) is 14.0 Å². The van der Waals surface area contributed by atoms with Gasteiger partial charge in [0.05, 0.1) is 0 Å². The first-order valence-corrected chi connectivity index (χ1v) is 6.65. The predicted octanol–water partition coefficient (Wildman–Crippen LogP) is 3.91. The van der Waals surface area contributed by atoms with Gasteiger partial charge in [0.25, 0.3) is 0 Å². The molecule has 0 heterocycles. The van der Waals surface area contributed by atoms with Crippen molar-refractivity contribution in [2.75, 3.05) is 0 Å². The zero-order valence-electron chi connectivity index (χ0n) is 11.7. The number of benzene rings is 2. The quantitative estimate of drug-likeness (QED) is 0.793. The molecule has 1 aliphatic rings. The van der Waals surface area contributed by atoms with Crippen LogP contribution in [0.5, 0.6) is 0 Å². The van der Waals surface area contributed by atoms with Gasteiger partial charge in [0.15, 0.2) is 11.6 Å². The molecule has 0 aromatic heterocycles. The zero-order valence-corrected chi connectivity index (χ0v) is 11.7. The number of hydrogen-bond acceptors (Lipinski definition) is 2. The monoisotopic (exact) mass is 280 g/mol. The standard InChI is InChI=1S/C18H13FO2/c1-10-7-15-16(8-11(10)2)18(21)14(9-17(15)20)12-3-5-13(19)6-4-12/h3-9H,1-2H3. The second-order valence-corrected chi connectivity index (χ2v) is 5.24. The highest BCUT2D eigenvalue weighted by Gasteiger charge is 2.26. The number of halogens is 1. The lowest BCUT2D eigenvalue weighted by Crippen LogP contribution is -2.17. The number of carbonyl (C=O) groups is 2. The number of fused-ring (bicyclic) bond motifs is 1. The average Bonchev–Trinajstić information content (AvgIpc) is 2.46. The molecular formula is C18H13FO2. The topological polar surface area (TPSA) is 34.1 Å². The molecule has 0 fully saturated rings. The molecule has 3 heteroatoms. The number of aryl methyl sites for hydroxylation is 2. The Morgan fingerprint density at radius 3 is 2.05 bits per heavy atom. The average molecular weight is 280 g/mol. The van der Waals surface area contributed by atoms with Crippen LogP contribution >= 0.6 is 0 Å². The summed E-state index contributed by atoms with van der Waals surface area (Å²) in [5, 5.41) is 0. The molecule has 2 nitrogen and oxygen atoms in total. The van der Waals surface area contributed by atoms with E-state index in [-0.39, 0.29) is 17.4 Å². The van der Waals surface area contributed by atoms with Gasteiger partial charge in [-0.25, -0.2) is 4.39 Å². The predicted molar refractivity (Wildman–Crippen MR) is 79.0 cm³/mol. The molecule has 0 saturated carbocycles. The van der Waals surface area contributed by atoms with Crippen LogP contribution in [0.4, 0.5) is 4.39 Å². The highest BCUT2D eigenvalue weighted by atomic mass is 19.1. The van der Waals surface area contributed by atoms with E-state index in [0.29, 0.717) is 22.3 Å². The summed E-state index contributed by atoms with van der Waals surface area (Å²) >= 11 is 0. The number of hydrogen-bond donors (Lipinski definition) is 0. The Morgan fingerprint density at radius 2 is 1.43 bits per heavy atom. The molecule has 2 aromatic rings. The number of Topliss-reactive ketones (excluding diaryl/α,β-unsaturated/α-hetero) is 1. The Hall–Kier alpha value is -2.55. The Kier molecular flexibility index (Phi) is 3.05. The SMILES string of the molecule is Cc1cc2c(cc1C)C(=O)C(c1ccc(F)cc1)=CC2=O. The Balaban J connectivity index is 2.15. The van der Waals surface area contributed by atoms with Crippen LogP contribution in [0.25, 0.3) is 5.57 Å². The molecule has 0 radical (unpaired) electrons. The molecule has 0 N–H and O–H groups in total. The van der Waals surface area contributed by atoms with E-state index in [0.717, 1.165) is 11.1 Å². The van der Waals surface area contributed by atoms with Gasteiger partial charge in [0.1, 0.15) is 5.82 Å². The van der Waals surface area contributed by atoms with Crippen molar-refractivity contribution in [3.05, 3.63) is 76.1 Å². The highest BCUT2D eigenvalue weighted by molar-refractivity contribution is 6.38. The minimum Gasteiger partial charge on any atom is -0.289 e. The number of allylic oxidation sites excluding steroid dienone is 2. The van der Waals surface area contributed by atoms with Crippen LogP contribution in [-0.2, 0) is 0 Å². The summed E-state index contributed by atoms with van der Waals surface area (Å²) in [5.41, 5.74) is 3.68. The van der Waals surface area contributed by atoms with Gasteiger partial charge in [-0.2, -0.15) is 0 Å². The molecule has 0 bridgehead atoms. The van der Waals surface area contributed by atoms with Crippen molar-refractivity contribution >= 4 is 17.1 Å². The molecule has 0 amide bonds. The molecule has 104 valence electrons. The third-order valence-corrected chi connectivity index (χ3v) is 3.82. The minimum atomic E-state index is -0.374. The highest BCUT2D eigenvalue weighted by Crippen LogP contribution is 2.29. The number of ketones is 2. The Morgan fingerprint density at radius 1 is 0.857 bits per heavy atom. The third-order valence-electron chi connectivity index (χ3n) is 3.82. The summed E-state index contributed by atoms with van der Waals surface area (Å²) < 4.78 is 13.0. The fraction of sp³-hybridized carbons (Fsp3) is 0.111. The van der Waals surface area contributed by atoms with Gasteiger partial charge in [-0.3, -0.25) is 9.59 Å². The molecular weight excluding hydrogens is 267 g/mol. The van der Waals surface area contributed by atoms with E-state index < -0.39 is 0 Å². The summed E-state index contributed by atoms with van der Waals surface area (Å²) in [4.78, 5) is 24.8. The number of carbonyl (C=O) groups excluding carboxylic acids is 2. The molecule has 0 spiro atoms. The van der Waals surface area contributed by atoms with Gasteiger partial charge in [0.2, 0.25) is 0 Å². The minimum absolute atomic E-state index is 0.188. The summed E-state index contributed by atoms with van der Waals surface area (Å²) in [6, 6.07) is 9.09. The van der Waals surface area contributed by atoms with E-state index in [1.807, 2.05) is 13.8 Å². The fourth-order valence-electron chi connectivity index (χ4n) is 2.47. The maximum Gasteiger partial charge on any atom is 0.194 e. The molecule has 2 aromatic carbocycles. The molecule has 0 saturated heterocycles. The Bertz CT molecular complexity index is 799. The lowest BCUT2D eigenvalue weighted by atomic mass is 9.84. The van der Waals surface area contributed by atoms with Crippen molar-refractivity contribution in [2.24, 2.45) is 0 Å². The van der Waals surface area contributed by atoms with E-state index in [4.69, 9.17) is 0 Å². The second-order valence-electron chi connectivity index (χ2n) is 5.24. The first-order chi connectivity index (χ1) is 9.97. The van der Waals surface area contributed by atoms with Gasteiger partial charge in [-0.15, -0.1) is 0 Å². The van der Waals surface area contributed by atoms with Crippen molar-refractivity contribution in [1.29, 1.82) is 0 Å². The largest absolute Gasteiger partial charge is 0.289 e. The van der Waals surface area contributed by atoms with Crippen LogP contribution in [0.15, 0.2) is 42.5 Å². The summed E-state index contributed by atoms with van der Waals surface area (Å²) in [6.07, 6.45) is 1.34. The smallest absolute Gasteiger partial charge is 0.194 e. The van der Waals surface area contributed by atoms with Gasteiger partial charge < -0.3 is 0 Å². The molecule has 1 aliphatic carbocycles. The molecule has 0 unspecified atom stereocenters. The summed E-state index contributed by atoms with van der Waals surface area (Å²) in [5.74, 6) is -0.757. The maximum atomic E-state index is 13.0. The number of rotatable bonds is 1. The maximum absolute atomic E-state index is 13.0. The zero-order chi connectivity index (χ0) is 15.1. The fourth-order valence-corrected chi connectivity index (χ4v) is 2.47. The molecule has 0 atom stereocenters. The molecule has 0 aliphatic heterocycles. The van der Waals surface area contributed by atoms with E-state index in [1.54, 1.807) is 12.1 Å². The van der Waals surface area contributed by atoms with Gasteiger partial charge in [-0.1, -0.05) is 12.1 Å². The van der Waals surface area contributed by atoms with E-state index in [1.165, 1.54) is 30.3 Å². The van der Waals surface area contributed by atoms with Crippen molar-refractivity contribution in [3.8, 4) is 0 Å². The third kappa shape index (κ3) is 2.21. The normalized spacial score (nSPS) is 14.0. The first kappa shape index (κ1) is 13.4. The summed E-state index contributed by atoms with van der Waals surface area (Å²) in [7, 11) is 0. The van der Waals surface area contributed by atoms with E-state index in [2.05, 4.69) is 0 Å². The van der Waals surface area contributed by atoms with Crippen molar-refractivity contribution in [2.45, 2.75) is 13.8 Å². The van der Waals surface area contributed by atoms with Gasteiger partial charge in [0, 0.05) is 16.7 Å². The lowest BCUT2D eigenvalue weighted by Gasteiger charge is -2.17. The van der Waals surface area contributed by atoms with Crippen LogP contribution in [0, 0.1) is 19.7 Å². The van der Waals surface area contributed by atoms with E-state index >= 15 is 0 Å². The van der Waals surface area contributed by atoms with Crippen LogP contribution in [-0.4, -0.2) is 11.6 Å². The van der Waals surface area contributed by atoms with Crippen LogP contribution in [0.2, 0.25) is 0 Å². The second kappa shape index (κ2) is 4.77. The molecule has 21 heavy (non-hydrogen) atoms. The molecule has 3 rings (SSSR count). The van der Waals surface area contributed by atoms with Crippen molar-refractivity contribution in [3.63, 3.8) is 0 Å². The Labute approximate surface area is 121 Å². The van der Waals surface area contributed by atoms with Gasteiger partial charge >= 0.3 is 0 Å². The lowest BCUT2D eigenvalue weighted by molar-refractivity contribution is 0.100. The van der Waals surface area contributed by atoms with Crippen LogP contribution in [0.1, 0.15) is 37.4 Å². The van der Waals surface area contributed by atoms with Crippen LogP contribution in [0.3, 0.4) is 0 Å². The van der Waals surface area contributed by atoms with Gasteiger partial charge in [-0.05, 0) is 60.9 Å². The first-order valence-electron chi connectivity index (χ1n) is 6.65. The summed E-state index contributed by atoms with van der Waals surface area (Å²) in [6.45, 7) is 3.82. The van der Waals surface area contributed by atoms with Crippen molar-refractivity contribution in [1.82, 2.24) is 0 Å². The van der Waals surface area contributed by atoms with Crippen LogP contribution < -0.4 is 0 Å².